The van der Waals surface area contributed by atoms with E-state index in [0.717, 1.165) is 54.7 Å². The molecule has 6 nitrogen and oxygen atoms in total. The highest BCUT2D eigenvalue weighted by Crippen LogP contribution is 2.28. The van der Waals surface area contributed by atoms with Crippen molar-refractivity contribution in [3.8, 4) is 11.5 Å². The van der Waals surface area contributed by atoms with Crippen LogP contribution in [-0.2, 0) is 11.2 Å². The third-order valence-corrected chi connectivity index (χ3v) is 5.94. The molecule has 0 aromatic heterocycles. The van der Waals surface area contributed by atoms with Crippen LogP contribution in [-0.4, -0.2) is 58.3 Å². The van der Waals surface area contributed by atoms with Crippen molar-refractivity contribution in [2.75, 3.05) is 57.7 Å². The summed E-state index contributed by atoms with van der Waals surface area (Å²) in [5.41, 5.74) is 3.22. The van der Waals surface area contributed by atoms with E-state index in [1.807, 2.05) is 42.3 Å². The van der Waals surface area contributed by atoms with Crippen LogP contribution in [0.25, 0.3) is 0 Å². The summed E-state index contributed by atoms with van der Waals surface area (Å²) < 4.78 is 10.6. The first-order valence-corrected chi connectivity index (χ1v) is 11.0. The van der Waals surface area contributed by atoms with Crippen LogP contribution in [0.3, 0.4) is 0 Å². The number of hydrogen-bond donors (Lipinski definition) is 1. The maximum Gasteiger partial charge on any atom is 0.238 e. The van der Waals surface area contributed by atoms with Gasteiger partial charge in [0.1, 0.15) is 0 Å². The molecule has 1 heterocycles. The number of piperidine rings is 1. The molecule has 1 amide bonds. The molecule has 1 aliphatic heterocycles. The van der Waals surface area contributed by atoms with Gasteiger partial charge in [-0.15, -0.1) is 0 Å². The van der Waals surface area contributed by atoms with Gasteiger partial charge in [0.25, 0.3) is 0 Å². The fraction of sp³-hybridized carbons (Fsp3) is 0.480. The molecule has 1 fully saturated rings. The van der Waals surface area contributed by atoms with Crippen LogP contribution >= 0.6 is 0 Å². The molecule has 0 aliphatic carbocycles. The Balaban J connectivity index is 1.44. The van der Waals surface area contributed by atoms with E-state index in [1.165, 1.54) is 18.5 Å². The first kappa shape index (κ1) is 22.9. The second-order valence-corrected chi connectivity index (χ2v) is 8.44. The zero-order valence-corrected chi connectivity index (χ0v) is 19.2. The average Bonchev–Trinajstić information content (AvgIpc) is 2.78. The number of benzene rings is 2. The van der Waals surface area contributed by atoms with Gasteiger partial charge in [0.15, 0.2) is 11.5 Å². The lowest BCUT2D eigenvalue weighted by molar-refractivity contribution is -0.117. The highest BCUT2D eigenvalue weighted by molar-refractivity contribution is 5.92. The number of nitrogens with zero attached hydrogens (tertiary/aromatic N) is 2. The minimum atomic E-state index is -0.00522. The van der Waals surface area contributed by atoms with E-state index in [-0.39, 0.29) is 5.91 Å². The van der Waals surface area contributed by atoms with Crippen LogP contribution in [0.4, 0.5) is 11.4 Å². The molecular weight excluding hydrogens is 390 g/mol. The molecule has 3 rings (SSSR count). The van der Waals surface area contributed by atoms with E-state index in [4.69, 9.17) is 9.47 Å². The quantitative estimate of drug-likeness (QED) is 0.657. The molecule has 0 bridgehead atoms. The van der Waals surface area contributed by atoms with Crippen molar-refractivity contribution in [2.24, 2.45) is 5.92 Å². The Labute approximate surface area is 186 Å². The van der Waals surface area contributed by atoms with E-state index >= 15 is 0 Å². The molecule has 0 unspecified atom stereocenters. The molecule has 1 aliphatic rings. The fourth-order valence-corrected chi connectivity index (χ4v) is 3.90. The summed E-state index contributed by atoms with van der Waals surface area (Å²) in [5, 5.41) is 3.01. The Bertz CT molecular complexity index is 846. The van der Waals surface area contributed by atoms with Gasteiger partial charge in [-0.2, -0.15) is 0 Å². The third kappa shape index (κ3) is 6.62. The summed E-state index contributed by atoms with van der Waals surface area (Å²) in [4.78, 5) is 16.9. The zero-order chi connectivity index (χ0) is 22.2. The Morgan fingerprint density at radius 2 is 1.74 bits per heavy atom. The number of ether oxygens (including phenoxy) is 2. The van der Waals surface area contributed by atoms with Crippen LogP contribution in [0.15, 0.2) is 42.5 Å². The Morgan fingerprint density at radius 3 is 2.39 bits per heavy atom. The SMILES string of the molecule is COc1ccc(CCN(C)CC(=O)Nc2ccc(N3CCC(C)CC3)cc2)cc1OC. The van der Waals surface area contributed by atoms with E-state index < -0.39 is 0 Å². The van der Waals surface area contributed by atoms with Crippen molar-refractivity contribution in [3.05, 3.63) is 48.0 Å². The number of anilines is 2. The summed E-state index contributed by atoms with van der Waals surface area (Å²) in [6, 6.07) is 14.1. The minimum absolute atomic E-state index is 0.00522. The van der Waals surface area contributed by atoms with Gasteiger partial charge in [0.05, 0.1) is 20.8 Å². The lowest BCUT2D eigenvalue weighted by atomic mass is 9.99. The van der Waals surface area contributed by atoms with Crippen molar-refractivity contribution in [2.45, 2.75) is 26.2 Å². The number of likely N-dealkylation sites (N-methyl/N-ethyl adjacent to an activating group) is 1. The fourth-order valence-electron chi connectivity index (χ4n) is 3.90. The summed E-state index contributed by atoms with van der Waals surface area (Å²) >= 11 is 0. The van der Waals surface area contributed by atoms with Crippen LogP contribution in [0.5, 0.6) is 11.5 Å². The predicted molar refractivity (Wildman–Crippen MR) is 126 cm³/mol. The van der Waals surface area contributed by atoms with Gasteiger partial charge in [-0.05, 0) is 74.2 Å². The monoisotopic (exact) mass is 425 g/mol. The van der Waals surface area contributed by atoms with Crippen molar-refractivity contribution < 1.29 is 14.3 Å². The van der Waals surface area contributed by atoms with Gasteiger partial charge in [0.2, 0.25) is 5.91 Å². The summed E-state index contributed by atoms with van der Waals surface area (Å²) in [7, 11) is 5.23. The zero-order valence-electron chi connectivity index (χ0n) is 19.2. The highest BCUT2D eigenvalue weighted by Gasteiger charge is 2.16. The summed E-state index contributed by atoms with van der Waals surface area (Å²) in [6.07, 6.45) is 3.32. The minimum Gasteiger partial charge on any atom is -0.493 e. The van der Waals surface area contributed by atoms with Gasteiger partial charge >= 0.3 is 0 Å². The van der Waals surface area contributed by atoms with Gasteiger partial charge in [0, 0.05) is 31.0 Å². The molecule has 0 spiro atoms. The lowest BCUT2D eigenvalue weighted by Gasteiger charge is -2.32. The van der Waals surface area contributed by atoms with E-state index in [0.29, 0.717) is 6.54 Å². The lowest BCUT2D eigenvalue weighted by Crippen LogP contribution is -2.33. The van der Waals surface area contributed by atoms with Crippen LogP contribution in [0, 0.1) is 5.92 Å². The van der Waals surface area contributed by atoms with Gasteiger partial charge in [-0.1, -0.05) is 13.0 Å². The molecular formula is C25H35N3O3. The maximum atomic E-state index is 12.4. The van der Waals surface area contributed by atoms with Crippen LogP contribution in [0.2, 0.25) is 0 Å². The number of hydrogen-bond acceptors (Lipinski definition) is 5. The molecule has 0 atom stereocenters. The predicted octanol–water partition coefficient (Wildman–Crippen LogP) is 4.05. The number of nitrogens with one attached hydrogen (secondary N) is 1. The first-order valence-electron chi connectivity index (χ1n) is 11.0. The molecule has 1 N–H and O–H groups in total. The van der Waals surface area contributed by atoms with Crippen molar-refractivity contribution in [1.29, 1.82) is 0 Å². The molecule has 168 valence electrons. The van der Waals surface area contributed by atoms with E-state index in [2.05, 4.69) is 29.3 Å². The van der Waals surface area contributed by atoms with E-state index in [9.17, 15) is 4.79 Å². The number of methoxy groups -OCH3 is 2. The Kier molecular flexibility index (Phi) is 8.18. The second-order valence-electron chi connectivity index (χ2n) is 8.44. The molecule has 0 saturated carbocycles. The Morgan fingerprint density at radius 1 is 1.06 bits per heavy atom. The maximum absolute atomic E-state index is 12.4. The van der Waals surface area contributed by atoms with Crippen LogP contribution in [0.1, 0.15) is 25.3 Å². The Hall–Kier alpha value is -2.73. The van der Waals surface area contributed by atoms with Crippen LogP contribution < -0.4 is 19.7 Å². The molecule has 1 saturated heterocycles. The molecule has 31 heavy (non-hydrogen) atoms. The van der Waals surface area contributed by atoms with Gasteiger partial charge < -0.3 is 19.7 Å². The number of carbonyl (C=O) groups excluding carboxylic acids is 1. The topological polar surface area (TPSA) is 54.0 Å². The largest absolute Gasteiger partial charge is 0.493 e. The average molecular weight is 426 g/mol. The second kappa shape index (κ2) is 11.0. The summed E-state index contributed by atoms with van der Waals surface area (Å²) in [5.74, 6) is 2.26. The van der Waals surface area contributed by atoms with Gasteiger partial charge in [-0.25, -0.2) is 0 Å². The van der Waals surface area contributed by atoms with Crippen molar-refractivity contribution in [1.82, 2.24) is 4.90 Å². The smallest absolute Gasteiger partial charge is 0.238 e. The normalized spacial score (nSPS) is 14.5. The van der Waals surface area contributed by atoms with E-state index in [1.54, 1.807) is 14.2 Å². The molecule has 2 aromatic rings. The number of rotatable bonds is 9. The third-order valence-electron chi connectivity index (χ3n) is 5.94. The summed E-state index contributed by atoms with van der Waals surface area (Å²) in [6.45, 7) is 5.66. The van der Waals surface area contributed by atoms with Crippen molar-refractivity contribution >= 4 is 17.3 Å². The standard InChI is InChI=1S/C25H35N3O3/c1-19-11-15-28(16-12-19)22-8-6-21(7-9-22)26-25(29)18-27(2)14-13-20-5-10-23(30-3)24(17-20)31-4/h5-10,17,19H,11-16,18H2,1-4H3,(H,26,29). The number of carbonyl (C=O) groups is 1. The molecule has 6 heteroatoms. The first-order chi connectivity index (χ1) is 15.0. The van der Waals surface area contributed by atoms with Crippen molar-refractivity contribution in [3.63, 3.8) is 0 Å². The van der Waals surface area contributed by atoms with Gasteiger partial charge in [-0.3, -0.25) is 9.69 Å². The molecule has 2 aromatic carbocycles. The number of amides is 1. The molecule has 0 radical (unpaired) electrons. The highest BCUT2D eigenvalue weighted by atomic mass is 16.5.